The van der Waals surface area contributed by atoms with Crippen LogP contribution in [0, 0.1) is 5.82 Å². The number of carbonyl (C=O) groups is 1. The first-order chi connectivity index (χ1) is 12.8. The van der Waals surface area contributed by atoms with Crippen LogP contribution in [0.3, 0.4) is 0 Å². The fraction of sp³-hybridized carbons (Fsp3) is 0.278. The lowest BCUT2D eigenvalue weighted by Gasteiger charge is -2.13. The Labute approximate surface area is 157 Å². The fourth-order valence-electron chi connectivity index (χ4n) is 2.20. The third-order valence-corrected chi connectivity index (χ3v) is 4.82. The normalized spacial score (nSPS) is 12.3. The molecule has 9 heteroatoms. The Bertz CT molecular complexity index is 854. The predicted molar refractivity (Wildman–Crippen MR) is 98.6 cm³/mol. The monoisotopic (exact) mass is 396 g/mol. The Morgan fingerprint density at radius 2 is 1.74 bits per heavy atom. The van der Waals surface area contributed by atoms with Crippen molar-refractivity contribution in [3.63, 3.8) is 0 Å². The number of benzene rings is 2. The Morgan fingerprint density at radius 3 is 2.33 bits per heavy atom. The molecule has 0 aromatic heterocycles. The minimum absolute atomic E-state index is 0.0114. The van der Waals surface area contributed by atoms with Gasteiger partial charge in [0, 0.05) is 18.8 Å². The number of nitrogens with one attached hydrogen (secondary N) is 2. The molecule has 0 saturated carbocycles. The van der Waals surface area contributed by atoms with Crippen LogP contribution < -0.4 is 14.8 Å². The SMILES string of the molecule is COC[C@@H](C)NC(=O)COc1ccc(S(=O)(=O)Nc2ccc(F)cc2)cc1. The van der Waals surface area contributed by atoms with Crippen LogP contribution in [-0.2, 0) is 19.6 Å². The first kappa shape index (κ1) is 20.7. The number of rotatable bonds is 9. The lowest BCUT2D eigenvalue weighted by atomic mass is 10.3. The van der Waals surface area contributed by atoms with Crippen LogP contribution >= 0.6 is 0 Å². The number of hydrogen-bond acceptors (Lipinski definition) is 5. The summed E-state index contributed by atoms with van der Waals surface area (Å²) in [7, 11) is -2.28. The van der Waals surface area contributed by atoms with E-state index in [-0.39, 0.29) is 29.1 Å². The summed E-state index contributed by atoms with van der Waals surface area (Å²) >= 11 is 0. The van der Waals surface area contributed by atoms with E-state index in [2.05, 4.69) is 10.0 Å². The van der Waals surface area contributed by atoms with Gasteiger partial charge in [-0.05, 0) is 55.5 Å². The van der Waals surface area contributed by atoms with E-state index >= 15 is 0 Å². The Kier molecular flexibility index (Phi) is 7.14. The maximum atomic E-state index is 12.9. The van der Waals surface area contributed by atoms with E-state index in [1.54, 1.807) is 14.0 Å². The molecule has 2 N–H and O–H groups in total. The highest BCUT2D eigenvalue weighted by Crippen LogP contribution is 2.19. The van der Waals surface area contributed by atoms with Crippen LogP contribution in [-0.4, -0.2) is 40.7 Å². The van der Waals surface area contributed by atoms with E-state index in [1.165, 1.54) is 36.4 Å². The molecule has 0 heterocycles. The van der Waals surface area contributed by atoms with Gasteiger partial charge in [0.1, 0.15) is 11.6 Å². The molecule has 0 bridgehead atoms. The van der Waals surface area contributed by atoms with Gasteiger partial charge in [0.05, 0.1) is 11.5 Å². The molecular formula is C18H21FN2O5S. The van der Waals surface area contributed by atoms with Crippen molar-refractivity contribution in [3.8, 4) is 5.75 Å². The van der Waals surface area contributed by atoms with Gasteiger partial charge in [0.2, 0.25) is 0 Å². The van der Waals surface area contributed by atoms with E-state index in [0.29, 0.717) is 12.4 Å². The molecule has 0 spiro atoms. The molecule has 27 heavy (non-hydrogen) atoms. The van der Waals surface area contributed by atoms with Crippen molar-refractivity contribution in [2.24, 2.45) is 0 Å². The molecular weight excluding hydrogens is 375 g/mol. The second-order valence-electron chi connectivity index (χ2n) is 5.80. The van der Waals surface area contributed by atoms with Crippen molar-refractivity contribution in [3.05, 3.63) is 54.3 Å². The molecule has 1 amide bonds. The number of methoxy groups -OCH3 is 1. The van der Waals surface area contributed by atoms with E-state index in [0.717, 1.165) is 12.1 Å². The molecule has 7 nitrogen and oxygen atoms in total. The summed E-state index contributed by atoms with van der Waals surface area (Å²) in [6, 6.07) is 10.4. The van der Waals surface area contributed by atoms with Crippen molar-refractivity contribution < 1.29 is 27.1 Å². The van der Waals surface area contributed by atoms with E-state index < -0.39 is 15.8 Å². The summed E-state index contributed by atoms with van der Waals surface area (Å²) in [6.07, 6.45) is 0. The summed E-state index contributed by atoms with van der Waals surface area (Å²) in [5.74, 6) is -0.417. The van der Waals surface area contributed by atoms with E-state index in [4.69, 9.17) is 9.47 Å². The number of halogens is 1. The van der Waals surface area contributed by atoms with Gasteiger partial charge in [0.25, 0.3) is 15.9 Å². The van der Waals surface area contributed by atoms with Crippen molar-refractivity contribution in [2.45, 2.75) is 17.9 Å². The number of sulfonamides is 1. The van der Waals surface area contributed by atoms with E-state index in [1.807, 2.05) is 0 Å². The van der Waals surface area contributed by atoms with Crippen molar-refractivity contribution in [1.82, 2.24) is 5.32 Å². The first-order valence-electron chi connectivity index (χ1n) is 8.09. The quantitative estimate of drug-likeness (QED) is 0.677. The standard InChI is InChI=1S/C18H21FN2O5S/c1-13(11-25-2)20-18(22)12-26-16-7-9-17(10-8-16)27(23,24)21-15-5-3-14(19)4-6-15/h3-10,13,21H,11-12H2,1-2H3,(H,20,22)/t13-/m1/s1. The van der Waals surface area contributed by atoms with Gasteiger partial charge in [-0.25, -0.2) is 12.8 Å². The molecule has 0 fully saturated rings. The Hall–Kier alpha value is -2.65. The lowest BCUT2D eigenvalue weighted by molar-refractivity contribution is -0.124. The van der Waals surface area contributed by atoms with Crippen molar-refractivity contribution >= 4 is 21.6 Å². The van der Waals surface area contributed by atoms with Gasteiger partial charge < -0.3 is 14.8 Å². The third-order valence-electron chi connectivity index (χ3n) is 3.42. The number of carbonyl (C=O) groups excluding carboxylic acids is 1. The molecule has 2 aromatic rings. The van der Waals surface area contributed by atoms with Crippen LogP contribution in [0.15, 0.2) is 53.4 Å². The van der Waals surface area contributed by atoms with Crippen LogP contribution in [0.25, 0.3) is 0 Å². The minimum Gasteiger partial charge on any atom is -0.484 e. The molecule has 0 aliphatic heterocycles. The predicted octanol–water partition coefficient (Wildman–Crippen LogP) is 2.16. The third kappa shape index (κ3) is 6.54. The molecule has 2 rings (SSSR count). The highest BCUT2D eigenvalue weighted by molar-refractivity contribution is 7.92. The van der Waals surface area contributed by atoms with Crippen molar-refractivity contribution in [1.29, 1.82) is 0 Å². The molecule has 1 atom stereocenters. The molecule has 0 aliphatic rings. The number of ether oxygens (including phenoxy) is 2. The molecule has 0 saturated heterocycles. The summed E-state index contributed by atoms with van der Waals surface area (Å²) in [6.45, 7) is 1.99. The minimum atomic E-state index is -3.82. The maximum absolute atomic E-state index is 12.9. The fourth-order valence-corrected chi connectivity index (χ4v) is 3.26. The summed E-state index contributed by atoms with van der Waals surface area (Å²) in [4.78, 5) is 11.7. The average Bonchev–Trinajstić information content (AvgIpc) is 2.62. The molecule has 0 unspecified atom stereocenters. The maximum Gasteiger partial charge on any atom is 0.261 e. The van der Waals surface area contributed by atoms with Gasteiger partial charge in [-0.15, -0.1) is 0 Å². The summed E-state index contributed by atoms with van der Waals surface area (Å²) < 4.78 is 50.2. The number of hydrogen-bond donors (Lipinski definition) is 2. The number of anilines is 1. The second-order valence-corrected chi connectivity index (χ2v) is 7.48. The summed E-state index contributed by atoms with van der Waals surface area (Å²) in [5.41, 5.74) is 0.249. The largest absolute Gasteiger partial charge is 0.484 e. The van der Waals surface area contributed by atoms with Gasteiger partial charge in [-0.1, -0.05) is 0 Å². The Balaban J connectivity index is 1.93. The molecule has 0 aliphatic carbocycles. The summed E-state index contributed by atoms with van der Waals surface area (Å²) in [5, 5.41) is 2.70. The molecule has 146 valence electrons. The zero-order valence-electron chi connectivity index (χ0n) is 14.9. The lowest BCUT2D eigenvalue weighted by Crippen LogP contribution is -2.38. The molecule has 0 radical (unpaired) electrons. The van der Waals surface area contributed by atoms with Crippen LogP contribution in [0.1, 0.15) is 6.92 Å². The number of amides is 1. The highest BCUT2D eigenvalue weighted by atomic mass is 32.2. The zero-order chi connectivity index (χ0) is 19.9. The van der Waals surface area contributed by atoms with Gasteiger partial charge in [0.15, 0.2) is 6.61 Å². The average molecular weight is 396 g/mol. The van der Waals surface area contributed by atoms with Crippen LogP contribution in [0.2, 0.25) is 0 Å². The molecule has 2 aromatic carbocycles. The van der Waals surface area contributed by atoms with Gasteiger partial charge in [-0.3, -0.25) is 9.52 Å². The zero-order valence-corrected chi connectivity index (χ0v) is 15.8. The van der Waals surface area contributed by atoms with Gasteiger partial charge >= 0.3 is 0 Å². The van der Waals surface area contributed by atoms with Crippen LogP contribution in [0.5, 0.6) is 5.75 Å². The second kappa shape index (κ2) is 9.33. The topological polar surface area (TPSA) is 93.7 Å². The van der Waals surface area contributed by atoms with Crippen LogP contribution in [0.4, 0.5) is 10.1 Å². The van der Waals surface area contributed by atoms with Crippen molar-refractivity contribution in [2.75, 3.05) is 25.0 Å². The smallest absolute Gasteiger partial charge is 0.261 e. The Morgan fingerprint density at radius 1 is 1.11 bits per heavy atom. The van der Waals surface area contributed by atoms with Gasteiger partial charge in [-0.2, -0.15) is 0 Å². The van der Waals surface area contributed by atoms with E-state index in [9.17, 15) is 17.6 Å². The first-order valence-corrected chi connectivity index (χ1v) is 9.58. The highest BCUT2D eigenvalue weighted by Gasteiger charge is 2.14.